The fraction of sp³-hybridized carbons (Fsp3) is 0.120. The minimum absolute atomic E-state index is 0.111. The van der Waals surface area contributed by atoms with Gasteiger partial charge in [0.25, 0.3) is 11.8 Å². The maximum atomic E-state index is 13.5. The SMILES string of the molecule is CCc1ccc(N2C(=O)C(Nc3ccc4c(c3)OCO4)=C(c3ccc(F)cc3)C2=O)cc1. The van der Waals surface area contributed by atoms with Gasteiger partial charge in [-0.05, 0) is 53.9 Å². The average molecular weight is 430 g/mol. The number of hydrogen-bond acceptors (Lipinski definition) is 5. The molecule has 3 aromatic rings. The predicted octanol–water partition coefficient (Wildman–Crippen LogP) is 4.51. The minimum atomic E-state index is -0.490. The van der Waals surface area contributed by atoms with Gasteiger partial charge in [-0.2, -0.15) is 0 Å². The van der Waals surface area contributed by atoms with Crippen LogP contribution >= 0.6 is 0 Å². The molecule has 3 aromatic carbocycles. The van der Waals surface area contributed by atoms with E-state index in [4.69, 9.17) is 9.47 Å². The minimum Gasteiger partial charge on any atom is -0.454 e. The first-order valence-electron chi connectivity index (χ1n) is 10.2. The van der Waals surface area contributed by atoms with Crippen molar-refractivity contribution in [1.29, 1.82) is 0 Å². The van der Waals surface area contributed by atoms with E-state index in [1.54, 1.807) is 30.3 Å². The molecule has 0 unspecified atom stereocenters. The van der Waals surface area contributed by atoms with E-state index in [-0.39, 0.29) is 18.1 Å². The number of benzene rings is 3. The van der Waals surface area contributed by atoms with Gasteiger partial charge in [0.15, 0.2) is 11.5 Å². The Balaban J connectivity index is 1.57. The Morgan fingerprint density at radius 2 is 1.62 bits per heavy atom. The highest BCUT2D eigenvalue weighted by Crippen LogP contribution is 2.37. The number of hydrogen-bond donors (Lipinski definition) is 1. The van der Waals surface area contributed by atoms with Crippen molar-refractivity contribution in [2.45, 2.75) is 13.3 Å². The molecule has 2 heterocycles. The number of carbonyl (C=O) groups excluding carboxylic acids is 2. The van der Waals surface area contributed by atoms with Crippen LogP contribution in [0.15, 0.2) is 72.4 Å². The first-order valence-corrected chi connectivity index (χ1v) is 10.2. The van der Waals surface area contributed by atoms with Gasteiger partial charge < -0.3 is 14.8 Å². The molecule has 0 radical (unpaired) electrons. The van der Waals surface area contributed by atoms with Crippen LogP contribution in [0.25, 0.3) is 5.57 Å². The Morgan fingerprint density at radius 1 is 0.906 bits per heavy atom. The summed E-state index contributed by atoms with van der Waals surface area (Å²) in [5, 5.41) is 3.07. The topological polar surface area (TPSA) is 67.9 Å². The van der Waals surface area contributed by atoms with Crippen molar-refractivity contribution in [3.8, 4) is 11.5 Å². The molecule has 6 nitrogen and oxygen atoms in total. The second kappa shape index (κ2) is 7.85. The lowest BCUT2D eigenvalue weighted by atomic mass is 10.0. The zero-order valence-electron chi connectivity index (χ0n) is 17.2. The third kappa shape index (κ3) is 3.37. The number of nitrogens with one attached hydrogen (secondary N) is 1. The number of carbonyl (C=O) groups is 2. The third-order valence-electron chi connectivity index (χ3n) is 5.46. The molecule has 0 fully saturated rings. The van der Waals surface area contributed by atoms with Crippen LogP contribution in [0.4, 0.5) is 15.8 Å². The van der Waals surface area contributed by atoms with Crippen LogP contribution < -0.4 is 19.7 Å². The Bertz CT molecular complexity index is 1250. The van der Waals surface area contributed by atoms with E-state index >= 15 is 0 Å². The molecule has 5 rings (SSSR count). The van der Waals surface area contributed by atoms with Crippen LogP contribution in [0.1, 0.15) is 18.1 Å². The van der Waals surface area contributed by atoms with Gasteiger partial charge in [0.2, 0.25) is 6.79 Å². The van der Waals surface area contributed by atoms with E-state index in [1.165, 1.54) is 24.3 Å². The van der Waals surface area contributed by atoms with Crippen LogP contribution in [0.5, 0.6) is 11.5 Å². The highest BCUT2D eigenvalue weighted by molar-refractivity contribution is 6.46. The van der Waals surface area contributed by atoms with Crippen molar-refractivity contribution < 1.29 is 23.5 Å². The molecule has 32 heavy (non-hydrogen) atoms. The molecular weight excluding hydrogens is 411 g/mol. The molecule has 2 aliphatic rings. The predicted molar refractivity (Wildman–Crippen MR) is 118 cm³/mol. The van der Waals surface area contributed by atoms with Gasteiger partial charge in [-0.15, -0.1) is 0 Å². The Morgan fingerprint density at radius 3 is 2.34 bits per heavy atom. The van der Waals surface area contributed by atoms with Crippen molar-refractivity contribution in [3.63, 3.8) is 0 Å². The number of halogens is 1. The third-order valence-corrected chi connectivity index (χ3v) is 5.46. The van der Waals surface area contributed by atoms with E-state index in [9.17, 15) is 14.0 Å². The van der Waals surface area contributed by atoms with Gasteiger partial charge in [-0.3, -0.25) is 9.59 Å². The van der Waals surface area contributed by atoms with Crippen molar-refractivity contribution in [1.82, 2.24) is 0 Å². The summed E-state index contributed by atoms with van der Waals surface area (Å²) in [7, 11) is 0. The molecule has 0 spiro atoms. The van der Waals surface area contributed by atoms with Crippen molar-refractivity contribution in [2.24, 2.45) is 0 Å². The highest BCUT2D eigenvalue weighted by Gasteiger charge is 2.40. The summed E-state index contributed by atoms with van der Waals surface area (Å²) >= 11 is 0. The second-order valence-corrected chi connectivity index (χ2v) is 7.42. The number of fused-ring (bicyclic) bond motifs is 1. The van der Waals surface area contributed by atoms with Gasteiger partial charge in [0, 0.05) is 11.8 Å². The van der Waals surface area contributed by atoms with Crippen LogP contribution in [0.3, 0.4) is 0 Å². The largest absolute Gasteiger partial charge is 0.454 e. The van der Waals surface area contributed by atoms with E-state index in [2.05, 4.69) is 5.32 Å². The van der Waals surface area contributed by atoms with Crippen LogP contribution in [0.2, 0.25) is 0 Å². The molecule has 0 bridgehead atoms. The monoisotopic (exact) mass is 430 g/mol. The zero-order chi connectivity index (χ0) is 22.2. The number of ether oxygens (including phenoxy) is 2. The lowest BCUT2D eigenvalue weighted by molar-refractivity contribution is -0.120. The number of anilines is 2. The molecule has 0 saturated carbocycles. The average Bonchev–Trinajstić information content (AvgIpc) is 3.37. The number of aryl methyl sites for hydroxylation is 1. The van der Waals surface area contributed by atoms with E-state index in [0.717, 1.165) is 16.9 Å². The Hall–Kier alpha value is -4.13. The van der Waals surface area contributed by atoms with Crippen LogP contribution in [-0.2, 0) is 16.0 Å². The fourth-order valence-corrected chi connectivity index (χ4v) is 3.76. The molecule has 0 saturated heterocycles. The Kier molecular flexibility index (Phi) is 4.86. The summed E-state index contributed by atoms with van der Waals surface area (Å²) < 4.78 is 24.2. The van der Waals surface area contributed by atoms with E-state index in [0.29, 0.717) is 28.4 Å². The molecular formula is C25H19FN2O4. The standard InChI is InChI=1S/C25H19FN2O4/c1-2-15-3-10-19(11-4-15)28-24(29)22(16-5-7-17(26)8-6-16)23(25(28)30)27-18-9-12-20-21(13-18)32-14-31-20/h3-13,27H,2,14H2,1H3. The maximum absolute atomic E-state index is 13.5. The zero-order valence-corrected chi connectivity index (χ0v) is 17.2. The quantitative estimate of drug-likeness (QED) is 0.603. The number of imide groups is 1. The molecule has 7 heteroatoms. The molecule has 2 amide bonds. The van der Waals surface area contributed by atoms with E-state index < -0.39 is 17.6 Å². The molecule has 0 aliphatic carbocycles. The van der Waals surface area contributed by atoms with Crippen molar-refractivity contribution in [3.05, 3.63) is 89.4 Å². The summed E-state index contributed by atoms with van der Waals surface area (Å²) in [5.74, 6) is -0.244. The fourth-order valence-electron chi connectivity index (χ4n) is 3.76. The molecule has 1 N–H and O–H groups in total. The number of amides is 2. The Labute approximate surface area is 183 Å². The smallest absolute Gasteiger partial charge is 0.282 e. The molecule has 2 aliphatic heterocycles. The summed E-state index contributed by atoms with van der Waals surface area (Å²) in [6.45, 7) is 2.16. The van der Waals surface area contributed by atoms with Crippen LogP contribution in [-0.4, -0.2) is 18.6 Å². The lowest BCUT2D eigenvalue weighted by Gasteiger charge is -2.16. The molecule has 0 atom stereocenters. The number of nitrogens with zero attached hydrogens (tertiary/aromatic N) is 1. The maximum Gasteiger partial charge on any atom is 0.282 e. The molecule has 0 aromatic heterocycles. The first-order chi connectivity index (χ1) is 15.5. The summed E-state index contributed by atoms with van der Waals surface area (Å²) in [4.78, 5) is 28.0. The van der Waals surface area contributed by atoms with Crippen LogP contribution in [0, 0.1) is 5.82 Å². The molecule has 160 valence electrons. The van der Waals surface area contributed by atoms with Gasteiger partial charge >= 0.3 is 0 Å². The van der Waals surface area contributed by atoms with Gasteiger partial charge in [-0.1, -0.05) is 31.2 Å². The normalized spacial score (nSPS) is 15.0. The van der Waals surface area contributed by atoms with Crippen molar-refractivity contribution >= 4 is 28.8 Å². The summed E-state index contributed by atoms with van der Waals surface area (Å²) in [6, 6.07) is 17.9. The number of rotatable bonds is 5. The summed E-state index contributed by atoms with van der Waals surface area (Å²) in [5.41, 5.74) is 2.86. The first kappa shape index (κ1) is 19.8. The summed E-state index contributed by atoms with van der Waals surface area (Å²) in [6.07, 6.45) is 0.845. The van der Waals surface area contributed by atoms with E-state index in [1.807, 2.05) is 19.1 Å². The van der Waals surface area contributed by atoms with Gasteiger partial charge in [0.1, 0.15) is 11.5 Å². The van der Waals surface area contributed by atoms with Gasteiger partial charge in [0.05, 0.1) is 11.3 Å². The highest BCUT2D eigenvalue weighted by atomic mass is 19.1. The second-order valence-electron chi connectivity index (χ2n) is 7.42. The lowest BCUT2D eigenvalue weighted by Crippen LogP contribution is -2.32. The van der Waals surface area contributed by atoms with Gasteiger partial charge in [-0.25, -0.2) is 9.29 Å². The van der Waals surface area contributed by atoms with Crippen molar-refractivity contribution in [2.75, 3.05) is 17.0 Å².